The highest BCUT2D eigenvalue weighted by molar-refractivity contribution is 6.08. The van der Waals surface area contributed by atoms with Gasteiger partial charge in [0.1, 0.15) is 23.9 Å². The van der Waals surface area contributed by atoms with Gasteiger partial charge in [0.25, 0.3) is 5.91 Å². The smallest absolute Gasteiger partial charge is 0.323 e. The number of carbonyl (C=O) groups is 4. The minimum atomic E-state index is -1.01. The van der Waals surface area contributed by atoms with Gasteiger partial charge in [-0.3, -0.25) is 24.5 Å². The number of aryl methyl sites for hydroxylation is 2. The van der Waals surface area contributed by atoms with E-state index in [9.17, 15) is 19.2 Å². The number of carboxylic acids is 1. The topological polar surface area (TPSA) is 130 Å². The molecule has 3 rings (SSSR count). The molecule has 0 bridgehead atoms. The van der Waals surface area contributed by atoms with Gasteiger partial charge in [0.2, 0.25) is 11.8 Å². The highest BCUT2D eigenvalue weighted by atomic mass is 16.4. The van der Waals surface area contributed by atoms with Gasteiger partial charge in [-0.15, -0.1) is 0 Å². The second-order valence-electron chi connectivity index (χ2n) is 6.30. The first-order valence-corrected chi connectivity index (χ1v) is 8.10. The van der Waals surface area contributed by atoms with Crippen molar-refractivity contribution in [3.63, 3.8) is 0 Å². The Labute approximate surface area is 148 Å². The van der Waals surface area contributed by atoms with Crippen molar-refractivity contribution < 1.29 is 24.3 Å². The summed E-state index contributed by atoms with van der Waals surface area (Å²) in [5.74, 6) is -1.92. The zero-order valence-corrected chi connectivity index (χ0v) is 14.3. The Morgan fingerprint density at radius 1 is 1.35 bits per heavy atom. The van der Waals surface area contributed by atoms with E-state index in [1.165, 1.54) is 4.57 Å². The van der Waals surface area contributed by atoms with Gasteiger partial charge < -0.3 is 15.0 Å². The Morgan fingerprint density at radius 2 is 2.08 bits per heavy atom. The van der Waals surface area contributed by atoms with Crippen molar-refractivity contribution in [3.8, 4) is 0 Å². The van der Waals surface area contributed by atoms with Crippen LogP contribution < -0.4 is 10.6 Å². The highest BCUT2D eigenvalue weighted by Gasteiger charge is 2.29. The lowest BCUT2D eigenvalue weighted by Gasteiger charge is -2.22. The molecular weight excluding hydrogens is 340 g/mol. The number of hydrogen-bond donors (Lipinski definition) is 3. The van der Waals surface area contributed by atoms with Gasteiger partial charge in [-0.2, -0.15) is 0 Å². The number of piperidine rings is 1. The Hall–Kier alpha value is -3.23. The van der Waals surface area contributed by atoms with Crippen molar-refractivity contribution in [2.75, 3.05) is 0 Å². The molecule has 2 heterocycles. The number of carbonyl (C=O) groups excluding carboxylic acids is 3. The molecule has 26 heavy (non-hydrogen) atoms. The van der Waals surface area contributed by atoms with Crippen LogP contribution in [-0.2, 0) is 20.9 Å². The third kappa shape index (κ3) is 3.28. The molecule has 2 aromatic rings. The summed E-state index contributed by atoms with van der Waals surface area (Å²) in [7, 11) is 0. The van der Waals surface area contributed by atoms with E-state index in [0.29, 0.717) is 16.9 Å². The number of nitrogens with zero attached hydrogens (tertiary/aromatic N) is 2. The number of imide groups is 1. The molecule has 0 aliphatic carbocycles. The fourth-order valence-electron chi connectivity index (χ4n) is 3.05. The van der Waals surface area contributed by atoms with E-state index < -0.39 is 23.8 Å². The zero-order chi connectivity index (χ0) is 19.0. The van der Waals surface area contributed by atoms with E-state index in [0.717, 1.165) is 5.56 Å². The summed E-state index contributed by atoms with van der Waals surface area (Å²) in [5.41, 5.74) is 1.94. The standard InChI is InChI=1S/C17H18N4O5/c1-8-5-10(16(25)19-11-3-4-13(22)20-17(11)26)15-12(6-8)21(7-14(23)24)9(2)18-15/h5-6,11H,3-4,7H2,1-2H3,(H,19,25)(H,23,24)(H,20,22,26). The van der Waals surface area contributed by atoms with Gasteiger partial charge >= 0.3 is 5.97 Å². The van der Waals surface area contributed by atoms with E-state index in [2.05, 4.69) is 15.6 Å². The van der Waals surface area contributed by atoms with Crippen molar-refractivity contribution in [2.24, 2.45) is 0 Å². The van der Waals surface area contributed by atoms with E-state index >= 15 is 0 Å². The number of nitrogens with one attached hydrogen (secondary N) is 2. The summed E-state index contributed by atoms with van der Waals surface area (Å²) in [4.78, 5) is 51.2. The molecule has 0 spiro atoms. The maximum atomic E-state index is 12.7. The molecule has 9 heteroatoms. The van der Waals surface area contributed by atoms with Crippen LogP contribution in [0, 0.1) is 13.8 Å². The van der Waals surface area contributed by atoms with Gasteiger partial charge in [-0.05, 0) is 38.0 Å². The van der Waals surface area contributed by atoms with Crippen LogP contribution in [0.2, 0.25) is 0 Å². The molecule has 1 saturated heterocycles. The molecule has 1 aromatic carbocycles. The van der Waals surface area contributed by atoms with Crippen LogP contribution >= 0.6 is 0 Å². The van der Waals surface area contributed by atoms with Crippen LogP contribution in [0.1, 0.15) is 34.6 Å². The van der Waals surface area contributed by atoms with E-state index in [1.54, 1.807) is 26.0 Å². The summed E-state index contributed by atoms with van der Waals surface area (Å²) < 4.78 is 1.52. The number of amides is 3. The molecule has 0 radical (unpaired) electrons. The fourth-order valence-corrected chi connectivity index (χ4v) is 3.05. The van der Waals surface area contributed by atoms with E-state index in [4.69, 9.17) is 5.11 Å². The number of imidazole rings is 1. The monoisotopic (exact) mass is 358 g/mol. The Kier molecular flexibility index (Phi) is 4.45. The first-order valence-electron chi connectivity index (χ1n) is 8.10. The van der Waals surface area contributed by atoms with Crippen LogP contribution in [0.4, 0.5) is 0 Å². The maximum Gasteiger partial charge on any atom is 0.323 e. The third-order valence-corrected chi connectivity index (χ3v) is 4.27. The van der Waals surface area contributed by atoms with Crippen LogP contribution in [0.3, 0.4) is 0 Å². The lowest BCUT2D eigenvalue weighted by Crippen LogP contribution is -2.52. The third-order valence-electron chi connectivity index (χ3n) is 4.27. The normalized spacial score (nSPS) is 17.2. The van der Waals surface area contributed by atoms with Crippen LogP contribution in [0.25, 0.3) is 11.0 Å². The van der Waals surface area contributed by atoms with E-state index in [1.807, 2.05) is 0 Å². The molecule has 0 saturated carbocycles. The van der Waals surface area contributed by atoms with Crippen molar-refractivity contribution in [1.82, 2.24) is 20.2 Å². The first kappa shape index (κ1) is 17.6. The predicted octanol–water partition coefficient (Wildman–Crippen LogP) is 0.273. The Balaban J connectivity index is 1.96. The molecule has 1 unspecified atom stereocenters. The summed E-state index contributed by atoms with van der Waals surface area (Å²) in [6.07, 6.45) is 0.393. The molecule has 9 nitrogen and oxygen atoms in total. The van der Waals surface area contributed by atoms with Crippen molar-refractivity contribution >= 4 is 34.7 Å². The number of rotatable bonds is 4. The number of aromatic nitrogens is 2. The lowest BCUT2D eigenvalue weighted by atomic mass is 10.0. The van der Waals surface area contributed by atoms with Crippen LogP contribution in [-0.4, -0.2) is 44.4 Å². The molecule has 1 fully saturated rings. The van der Waals surface area contributed by atoms with Crippen molar-refractivity contribution in [3.05, 3.63) is 29.1 Å². The Morgan fingerprint density at radius 3 is 2.73 bits per heavy atom. The van der Waals surface area contributed by atoms with Gasteiger partial charge in [0.15, 0.2) is 0 Å². The van der Waals surface area contributed by atoms with Gasteiger partial charge in [0, 0.05) is 6.42 Å². The van der Waals surface area contributed by atoms with Crippen LogP contribution in [0.15, 0.2) is 12.1 Å². The average Bonchev–Trinajstić information content (AvgIpc) is 2.85. The summed E-state index contributed by atoms with van der Waals surface area (Å²) in [6.45, 7) is 3.19. The van der Waals surface area contributed by atoms with Crippen LogP contribution in [0.5, 0.6) is 0 Å². The number of benzene rings is 1. The second kappa shape index (κ2) is 6.58. The Bertz CT molecular complexity index is 946. The average molecular weight is 358 g/mol. The number of fused-ring (bicyclic) bond motifs is 1. The molecule has 3 amide bonds. The number of aliphatic carboxylic acids is 1. The lowest BCUT2D eigenvalue weighted by molar-refractivity contribution is -0.138. The van der Waals surface area contributed by atoms with Crippen molar-refractivity contribution in [1.29, 1.82) is 0 Å². The largest absolute Gasteiger partial charge is 0.480 e. The quantitative estimate of drug-likeness (QED) is 0.673. The number of carboxylic acid groups (broad SMARTS) is 1. The molecule has 3 N–H and O–H groups in total. The fraction of sp³-hybridized carbons (Fsp3) is 0.353. The molecule has 1 aliphatic rings. The minimum Gasteiger partial charge on any atom is -0.480 e. The predicted molar refractivity (Wildman–Crippen MR) is 90.5 cm³/mol. The first-order chi connectivity index (χ1) is 12.3. The molecular formula is C17H18N4O5. The van der Waals surface area contributed by atoms with Gasteiger partial charge in [-0.25, -0.2) is 4.98 Å². The SMILES string of the molecule is Cc1cc(C(=O)NC2CCC(=O)NC2=O)c2nc(C)n(CC(=O)O)c2c1. The number of hydrogen-bond acceptors (Lipinski definition) is 5. The molecule has 1 aromatic heterocycles. The minimum absolute atomic E-state index is 0.159. The molecule has 1 atom stereocenters. The second-order valence-corrected chi connectivity index (χ2v) is 6.30. The zero-order valence-electron chi connectivity index (χ0n) is 14.3. The summed E-state index contributed by atoms with van der Waals surface area (Å²) in [5, 5.41) is 13.9. The van der Waals surface area contributed by atoms with Gasteiger partial charge in [0.05, 0.1) is 11.1 Å². The highest BCUT2D eigenvalue weighted by Crippen LogP contribution is 2.23. The maximum absolute atomic E-state index is 12.7. The summed E-state index contributed by atoms with van der Waals surface area (Å²) >= 11 is 0. The van der Waals surface area contributed by atoms with Gasteiger partial charge in [-0.1, -0.05) is 0 Å². The van der Waals surface area contributed by atoms with Crippen molar-refractivity contribution in [2.45, 2.75) is 39.3 Å². The molecule has 136 valence electrons. The summed E-state index contributed by atoms with van der Waals surface area (Å²) in [6, 6.07) is 2.61. The molecule has 1 aliphatic heterocycles. The van der Waals surface area contributed by atoms with E-state index in [-0.39, 0.29) is 30.9 Å².